The van der Waals surface area contributed by atoms with Crippen LogP contribution in [0.25, 0.3) is 0 Å². The zero-order chi connectivity index (χ0) is 24.8. The fourth-order valence-corrected chi connectivity index (χ4v) is 5.09. The fourth-order valence-electron chi connectivity index (χ4n) is 5.09. The predicted octanol–water partition coefficient (Wildman–Crippen LogP) is 6.50. The van der Waals surface area contributed by atoms with Crippen LogP contribution >= 0.6 is 0 Å². The molecule has 0 spiro atoms. The number of ether oxygens (including phenoxy) is 1. The Balaban J connectivity index is 1.41. The molecule has 0 aromatic heterocycles. The van der Waals surface area contributed by atoms with Gasteiger partial charge in [0.15, 0.2) is 0 Å². The number of halogens is 1. The van der Waals surface area contributed by atoms with Crippen LogP contribution in [0.3, 0.4) is 0 Å². The Kier molecular flexibility index (Phi) is 7.24. The van der Waals surface area contributed by atoms with E-state index in [-0.39, 0.29) is 25.0 Å². The van der Waals surface area contributed by atoms with Gasteiger partial charge in [-0.2, -0.15) is 0 Å². The first-order chi connectivity index (χ1) is 17.7. The molecule has 1 heterocycles. The molecule has 0 saturated carbocycles. The van der Waals surface area contributed by atoms with E-state index in [1.54, 1.807) is 17.0 Å². The van der Waals surface area contributed by atoms with Crippen LogP contribution < -0.4 is 0 Å². The molecule has 5 rings (SSSR count). The smallest absolute Gasteiger partial charge is 0.253 e. The van der Waals surface area contributed by atoms with Crippen LogP contribution in [0.2, 0.25) is 0 Å². The van der Waals surface area contributed by atoms with Crippen molar-refractivity contribution in [2.45, 2.75) is 18.2 Å². The van der Waals surface area contributed by atoms with Gasteiger partial charge in [-0.15, -0.1) is 0 Å². The van der Waals surface area contributed by atoms with E-state index in [0.29, 0.717) is 18.5 Å². The highest BCUT2D eigenvalue weighted by molar-refractivity contribution is 5.94. The molecule has 4 heteroatoms. The van der Waals surface area contributed by atoms with E-state index in [2.05, 4.69) is 36.4 Å². The maximum absolute atomic E-state index is 15.5. The van der Waals surface area contributed by atoms with Gasteiger partial charge >= 0.3 is 0 Å². The van der Waals surface area contributed by atoms with Crippen molar-refractivity contribution in [1.29, 1.82) is 0 Å². The molecule has 1 amide bonds. The van der Waals surface area contributed by atoms with Crippen molar-refractivity contribution in [3.63, 3.8) is 0 Å². The van der Waals surface area contributed by atoms with Crippen LogP contribution in [0.4, 0.5) is 4.39 Å². The average molecular weight is 480 g/mol. The van der Waals surface area contributed by atoms with Crippen LogP contribution in [0.15, 0.2) is 121 Å². The minimum Gasteiger partial charge on any atom is -0.360 e. The lowest BCUT2D eigenvalue weighted by molar-refractivity contribution is -0.0399. The number of hydrogen-bond acceptors (Lipinski definition) is 2. The van der Waals surface area contributed by atoms with Crippen molar-refractivity contribution in [2.75, 3.05) is 19.7 Å². The zero-order valence-corrected chi connectivity index (χ0v) is 20.2. The van der Waals surface area contributed by atoms with Crippen molar-refractivity contribution >= 4 is 5.91 Å². The zero-order valence-electron chi connectivity index (χ0n) is 20.2. The second-order valence-corrected chi connectivity index (χ2v) is 9.27. The van der Waals surface area contributed by atoms with Crippen LogP contribution in [0.5, 0.6) is 0 Å². The first-order valence-electron chi connectivity index (χ1n) is 12.5. The molecule has 4 aromatic carbocycles. The number of rotatable bonds is 7. The number of amides is 1. The fraction of sp³-hybridized carbons (Fsp3) is 0.219. The van der Waals surface area contributed by atoms with Crippen molar-refractivity contribution in [2.24, 2.45) is 5.92 Å². The molecule has 4 aromatic rings. The van der Waals surface area contributed by atoms with E-state index in [9.17, 15) is 4.79 Å². The van der Waals surface area contributed by atoms with E-state index < -0.39 is 11.8 Å². The van der Waals surface area contributed by atoms with E-state index in [4.69, 9.17) is 4.74 Å². The van der Waals surface area contributed by atoms with Crippen LogP contribution in [-0.2, 0) is 10.3 Å². The summed E-state index contributed by atoms with van der Waals surface area (Å²) in [5.41, 5.74) is 2.70. The molecule has 1 saturated heterocycles. The molecular formula is C32H30FNO2. The van der Waals surface area contributed by atoms with Gasteiger partial charge in [0, 0.05) is 18.0 Å². The van der Waals surface area contributed by atoms with Gasteiger partial charge < -0.3 is 9.64 Å². The molecule has 0 bridgehead atoms. The lowest BCUT2D eigenvalue weighted by atomic mass is 9.80. The van der Waals surface area contributed by atoms with Gasteiger partial charge in [0.2, 0.25) is 0 Å². The summed E-state index contributed by atoms with van der Waals surface area (Å²) in [6, 6.07) is 39.5. The second kappa shape index (κ2) is 10.9. The molecule has 0 N–H and O–H groups in total. The van der Waals surface area contributed by atoms with Gasteiger partial charge in [-0.25, -0.2) is 4.39 Å². The summed E-state index contributed by atoms with van der Waals surface area (Å²) in [5.74, 6) is -0.426. The number of alkyl halides is 1. The summed E-state index contributed by atoms with van der Waals surface area (Å²) >= 11 is 0. The number of carbonyl (C=O) groups excluding carboxylic acids is 1. The highest BCUT2D eigenvalue weighted by Crippen LogP contribution is 2.41. The Hall–Kier alpha value is -3.76. The maximum atomic E-state index is 15.5. The van der Waals surface area contributed by atoms with Crippen LogP contribution in [-0.4, -0.2) is 36.7 Å². The minimum absolute atomic E-state index is 0.0801. The largest absolute Gasteiger partial charge is 0.360 e. The molecule has 182 valence electrons. The molecule has 1 aliphatic rings. The summed E-state index contributed by atoms with van der Waals surface area (Å²) < 4.78 is 22.3. The Morgan fingerprint density at radius 1 is 0.750 bits per heavy atom. The lowest BCUT2D eigenvalue weighted by Gasteiger charge is -2.39. The van der Waals surface area contributed by atoms with Crippen molar-refractivity contribution in [3.05, 3.63) is 144 Å². The van der Waals surface area contributed by atoms with E-state index in [1.807, 2.05) is 72.8 Å². The van der Waals surface area contributed by atoms with E-state index >= 15 is 4.39 Å². The van der Waals surface area contributed by atoms with Gasteiger partial charge in [0.25, 0.3) is 5.91 Å². The van der Waals surface area contributed by atoms with Gasteiger partial charge in [0.1, 0.15) is 11.8 Å². The summed E-state index contributed by atoms with van der Waals surface area (Å²) in [6.07, 6.45) is -0.611. The predicted molar refractivity (Wildman–Crippen MR) is 141 cm³/mol. The molecule has 1 aliphatic heterocycles. The number of carbonyl (C=O) groups is 1. The number of benzene rings is 4. The Bertz CT molecular complexity index is 1150. The van der Waals surface area contributed by atoms with Crippen LogP contribution in [0.1, 0.15) is 33.5 Å². The van der Waals surface area contributed by atoms with Gasteiger partial charge in [-0.3, -0.25) is 4.79 Å². The molecule has 0 unspecified atom stereocenters. The quantitative estimate of drug-likeness (QED) is 0.283. The molecular weight excluding hydrogens is 449 g/mol. The Labute approximate surface area is 212 Å². The number of likely N-dealkylation sites (tertiary alicyclic amines) is 1. The number of nitrogens with zero attached hydrogens (tertiary/aromatic N) is 1. The topological polar surface area (TPSA) is 29.5 Å². The Morgan fingerprint density at radius 3 is 1.64 bits per heavy atom. The SMILES string of the molecule is O=C(c1ccccc1)N1CC[C@H](COC(c2ccccc2)(c2ccccc2)c2ccccc2)[C@@H](F)C1. The van der Waals surface area contributed by atoms with Gasteiger partial charge in [-0.1, -0.05) is 109 Å². The molecule has 3 nitrogen and oxygen atoms in total. The molecule has 0 radical (unpaired) electrons. The first kappa shape index (κ1) is 24.0. The summed E-state index contributed by atoms with van der Waals surface area (Å²) in [5, 5.41) is 0. The summed E-state index contributed by atoms with van der Waals surface area (Å²) in [6.45, 7) is 0.834. The number of piperidine rings is 1. The highest BCUT2D eigenvalue weighted by atomic mass is 19.1. The van der Waals surface area contributed by atoms with Crippen LogP contribution in [0, 0.1) is 5.92 Å². The third-order valence-corrected chi connectivity index (χ3v) is 7.04. The lowest BCUT2D eigenvalue weighted by Crippen LogP contribution is -2.47. The molecule has 2 atom stereocenters. The minimum atomic E-state index is -1.16. The standard InChI is InChI=1S/C32H30FNO2/c33-30-23-34(31(35)25-13-5-1-6-14-25)22-21-26(30)24-36-32(27-15-7-2-8-16-27,28-17-9-3-10-18-28)29-19-11-4-12-20-29/h1-20,26,30H,21-24H2/t26-,30+/m1/s1. The average Bonchev–Trinajstić information content (AvgIpc) is 2.96. The molecule has 1 fully saturated rings. The van der Waals surface area contributed by atoms with Gasteiger partial charge in [-0.05, 0) is 35.2 Å². The second-order valence-electron chi connectivity index (χ2n) is 9.27. The third-order valence-electron chi connectivity index (χ3n) is 7.04. The van der Waals surface area contributed by atoms with Gasteiger partial charge in [0.05, 0.1) is 13.2 Å². The molecule has 36 heavy (non-hydrogen) atoms. The highest BCUT2D eigenvalue weighted by Gasteiger charge is 2.40. The van der Waals surface area contributed by atoms with Crippen molar-refractivity contribution in [3.8, 4) is 0 Å². The van der Waals surface area contributed by atoms with Crippen molar-refractivity contribution in [1.82, 2.24) is 4.90 Å². The summed E-state index contributed by atoms with van der Waals surface area (Å²) in [4.78, 5) is 14.5. The van der Waals surface area contributed by atoms with E-state index in [0.717, 1.165) is 16.7 Å². The normalized spacial score (nSPS) is 18.1. The molecule has 0 aliphatic carbocycles. The monoisotopic (exact) mass is 479 g/mol. The maximum Gasteiger partial charge on any atom is 0.253 e. The Morgan fingerprint density at radius 2 is 1.19 bits per heavy atom. The first-order valence-corrected chi connectivity index (χ1v) is 12.5. The summed E-state index contributed by atoms with van der Waals surface area (Å²) in [7, 11) is 0. The van der Waals surface area contributed by atoms with E-state index in [1.165, 1.54) is 0 Å². The third kappa shape index (κ3) is 4.82. The van der Waals surface area contributed by atoms with Crippen molar-refractivity contribution < 1.29 is 13.9 Å². The number of hydrogen-bond donors (Lipinski definition) is 0.